The number of carbonyl (C=O) groups is 1. The number of carboxylic acid groups (broad SMARTS) is 1. The van der Waals surface area contributed by atoms with Crippen LogP contribution in [0.4, 0.5) is 13.2 Å². The molecule has 7 heteroatoms. The molecule has 0 saturated heterocycles. The molecule has 0 fully saturated rings. The van der Waals surface area contributed by atoms with E-state index in [1.54, 1.807) is 6.92 Å². The van der Waals surface area contributed by atoms with Gasteiger partial charge in [-0.3, -0.25) is 0 Å². The van der Waals surface area contributed by atoms with E-state index in [1.165, 1.54) is 0 Å². The van der Waals surface area contributed by atoms with Crippen LogP contribution in [0.25, 0.3) is 0 Å². The summed E-state index contributed by atoms with van der Waals surface area (Å²) in [5, 5.41) is 8.82. The molecular formula is C11H12F3NO2S. The first-order chi connectivity index (χ1) is 8.25. The molecule has 1 heterocycles. The lowest BCUT2D eigenvalue weighted by Gasteiger charge is -2.12. The molecule has 0 aliphatic carbocycles. The minimum Gasteiger partial charge on any atom is -0.478 e. The van der Waals surface area contributed by atoms with E-state index in [0.29, 0.717) is 12.5 Å². The summed E-state index contributed by atoms with van der Waals surface area (Å²) < 4.78 is 37.5. The van der Waals surface area contributed by atoms with E-state index in [1.807, 2.05) is 6.92 Å². The molecule has 1 atom stereocenters. The van der Waals surface area contributed by atoms with E-state index >= 15 is 0 Å². The van der Waals surface area contributed by atoms with Gasteiger partial charge in [0, 0.05) is 5.25 Å². The van der Waals surface area contributed by atoms with Gasteiger partial charge in [0.05, 0.1) is 5.56 Å². The molecule has 0 spiro atoms. The van der Waals surface area contributed by atoms with Gasteiger partial charge in [0.15, 0.2) is 0 Å². The standard InChI is InChI=1S/C11H12F3NO2S/c1-3-6(2)18-9-7(10(16)17)4-5-8(15-9)11(12,13)14/h4-6H,3H2,1-2H3,(H,16,17). The average molecular weight is 279 g/mol. The molecule has 1 rings (SSSR count). The van der Waals surface area contributed by atoms with Gasteiger partial charge in [-0.05, 0) is 18.6 Å². The molecule has 0 radical (unpaired) electrons. The van der Waals surface area contributed by atoms with Crippen molar-refractivity contribution in [3.05, 3.63) is 23.4 Å². The third-order valence-corrected chi connectivity index (χ3v) is 3.54. The number of alkyl halides is 3. The second-order valence-corrected chi connectivity index (χ2v) is 5.12. The van der Waals surface area contributed by atoms with Crippen LogP contribution < -0.4 is 0 Å². The zero-order valence-electron chi connectivity index (χ0n) is 9.78. The summed E-state index contributed by atoms with van der Waals surface area (Å²) in [5.74, 6) is -1.28. The number of nitrogens with zero attached hydrogens (tertiary/aromatic N) is 1. The molecule has 1 aromatic rings. The monoisotopic (exact) mass is 279 g/mol. The Kier molecular flexibility index (Phi) is 4.61. The minimum absolute atomic E-state index is 0.000848. The van der Waals surface area contributed by atoms with E-state index < -0.39 is 17.8 Å². The van der Waals surface area contributed by atoms with Crippen LogP contribution in [0.15, 0.2) is 17.2 Å². The van der Waals surface area contributed by atoms with Crippen LogP contribution >= 0.6 is 11.8 Å². The lowest BCUT2D eigenvalue weighted by Crippen LogP contribution is -2.12. The van der Waals surface area contributed by atoms with Gasteiger partial charge in [-0.2, -0.15) is 13.2 Å². The molecule has 0 amide bonds. The van der Waals surface area contributed by atoms with Gasteiger partial charge in [-0.15, -0.1) is 11.8 Å². The van der Waals surface area contributed by atoms with Crippen molar-refractivity contribution < 1.29 is 23.1 Å². The van der Waals surface area contributed by atoms with Crippen LogP contribution in [-0.2, 0) is 6.18 Å². The summed E-state index contributed by atoms with van der Waals surface area (Å²) in [7, 11) is 0. The molecule has 1 aromatic heterocycles. The summed E-state index contributed by atoms with van der Waals surface area (Å²) >= 11 is 1.04. The van der Waals surface area contributed by atoms with Gasteiger partial charge in [0.25, 0.3) is 0 Å². The van der Waals surface area contributed by atoms with E-state index in [4.69, 9.17) is 5.11 Å². The maximum Gasteiger partial charge on any atom is 0.433 e. The summed E-state index contributed by atoms with van der Waals surface area (Å²) in [6.07, 6.45) is -3.86. The third-order valence-electron chi connectivity index (χ3n) is 2.27. The number of hydrogen-bond donors (Lipinski definition) is 1. The van der Waals surface area contributed by atoms with Crippen LogP contribution in [-0.4, -0.2) is 21.3 Å². The highest BCUT2D eigenvalue weighted by molar-refractivity contribution is 7.99. The maximum atomic E-state index is 12.5. The van der Waals surface area contributed by atoms with E-state index in [-0.39, 0.29) is 15.8 Å². The summed E-state index contributed by atoms with van der Waals surface area (Å²) in [5.41, 5.74) is -1.27. The number of hydrogen-bond acceptors (Lipinski definition) is 3. The molecule has 100 valence electrons. The minimum atomic E-state index is -4.57. The van der Waals surface area contributed by atoms with Crippen molar-refractivity contribution in [1.82, 2.24) is 4.98 Å². The smallest absolute Gasteiger partial charge is 0.433 e. The highest BCUT2D eigenvalue weighted by atomic mass is 32.2. The molecular weight excluding hydrogens is 267 g/mol. The first-order valence-electron chi connectivity index (χ1n) is 5.24. The Morgan fingerprint density at radius 2 is 2.11 bits per heavy atom. The zero-order chi connectivity index (χ0) is 13.9. The highest BCUT2D eigenvalue weighted by Crippen LogP contribution is 2.32. The van der Waals surface area contributed by atoms with Crippen molar-refractivity contribution in [2.75, 3.05) is 0 Å². The van der Waals surface area contributed by atoms with E-state index in [9.17, 15) is 18.0 Å². The normalized spacial score (nSPS) is 13.4. The highest BCUT2D eigenvalue weighted by Gasteiger charge is 2.33. The molecule has 0 aliphatic heterocycles. The first kappa shape index (κ1) is 14.8. The van der Waals surface area contributed by atoms with Gasteiger partial charge in [-0.1, -0.05) is 13.8 Å². The van der Waals surface area contributed by atoms with Crippen LogP contribution in [0.1, 0.15) is 36.3 Å². The number of aromatic nitrogens is 1. The van der Waals surface area contributed by atoms with Gasteiger partial charge in [0.1, 0.15) is 10.7 Å². The summed E-state index contributed by atoms with van der Waals surface area (Å²) in [6.45, 7) is 3.67. The topological polar surface area (TPSA) is 50.2 Å². The molecule has 1 N–H and O–H groups in total. The van der Waals surface area contributed by atoms with Gasteiger partial charge < -0.3 is 5.11 Å². The Labute approximate surface area is 106 Å². The molecule has 0 aromatic carbocycles. The van der Waals surface area contributed by atoms with Crippen LogP contribution in [0.5, 0.6) is 0 Å². The Morgan fingerprint density at radius 1 is 1.50 bits per heavy atom. The Morgan fingerprint density at radius 3 is 2.56 bits per heavy atom. The third kappa shape index (κ3) is 3.63. The van der Waals surface area contributed by atoms with Crippen LogP contribution in [0.2, 0.25) is 0 Å². The van der Waals surface area contributed by atoms with Crippen molar-refractivity contribution in [3.8, 4) is 0 Å². The molecule has 1 unspecified atom stereocenters. The van der Waals surface area contributed by atoms with Gasteiger partial charge in [-0.25, -0.2) is 9.78 Å². The SMILES string of the molecule is CCC(C)Sc1nc(C(F)(F)F)ccc1C(=O)O. The fraction of sp³-hybridized carbons (Fsp3) is 0.455. The molecule has 0 aliphatic rings. The van der Waals surface area contributed by atoms with Crippen molar-refractivity contribution >= 4 is 17.7 Å². The first-order valence-corrected chi connectivity index (χ1v) is 6.11. The number of carboxylic acids is 1. The van der Waals surface area contributed by atoms with Crippen molar-refractivity contribution in [3.63, 3.8) is 0 Å². The van der Waals surface area contributed by atoms with Crippen LogP contribution in [0, 0.1) is 0 Å². The predicted molar refractivity (Wildman–Crippen MR) is 61.8 cm³/mol. The molecule has 3 nitrogen and oxygen atoms in total. The van der Waals surface area contributed by atoms with Gasteiger partial charge >= 0.3 is 12.1 Å². The number of thioether (sulfide) groups is 1. The molecule has 18 heavy (non-hydrogen) atoms. The van der Waals surface area contributed by atoms with Crippen molar-refractivity contribution in [2.24, 2.45) is 0 Å². The van der Waals surface area contributed by atoms with Gasteiger partial charge in [0.2, 0.25) is 0 Å². The maximum absolute atomic E-state index is 12.5. The largest absolute Gasteiger partial charge is 0.478 e. The fourth-order valence-corrected chi connectivity index (χ4v) is 2.11. The zero-order valence-corrected chi connectivity index (χ0v) is 10.6. The summed E-state index contributed by atoms with van der Waals surface area (Å²) in [6, 6.07) is 1.63. The number of pyridine rings is 1. The predicted octanol–water partition coefficient (Wildman–Crippen LogP) is 3.69. The Hall–Kier alpha value is -1.24. The quantitative estimate of drug-likeness (QED) is 0.854. The fourth-order valence-electron chi connectivity index (χ4n) is 1.12. The summed E-state index contributed by atoms with van der Waals surface area (Å²) in [4.78, 5) is 14.3. The molecule has 0 bridgehead atoms. The molecule has 0 saturated carbocycles. The van der Waals surface area contributed by atoms with E-state index in [0.717, 1.165) is 17.8 Å². The Bertz CT molecular complexity index is 448. The lowest BCUT2D eigenvalue weighted by atomic mass is 10.2. The van der Waals surface area contributed by atoms with E-state index in [2.05, 4.69) is 4.98 Å². The second kappa shape index (κ2) is 5.60. The number of rotatable bonds is 4. The van der Waals surface area contributed by atoms with Crippen LogP contribution in [0.3, 0.4) is 0 Å². The number of aromatic carboxylic acids is 1. The lowest BCUT2D eigenvalue weighted by molar-refractivity contribution is -0.141. The Balaban J connectivity index is 3.20. The van der Waals surface area contributed by atoms with Crippen molar-refractivity contribution in [2.45, 2.75) is 36.7 Å². The second-order valence-electron chi connectivity index (χ2n) is 3.69. The van der Waals surface area contributed by atoms with Crippen molar-refractivity contribution in [1.29, 1.82) is 0 Å². The number of halogens is 3. The average Bonchev–Trinajstić information content (AvgIpc) is 2.27.